The lowest BCUT2D eigenvalue weighted by molar-refractivity contribution is -0.137. The Bertz CT molecular complexity index is 1140. The van der Waals surface area contributed by atoms with Crippen LogP contribution in [0, 0.1) is 5.41 Å². The molecule has 0 saturated carbocycles. The number of benzene rings is 1. The molecule has 206 valence electrons. The molecule has 0 fully saturated rings. The third-order valence-corrected chi connectivity index (χ3v) is 5.67. The average molecular weight is 517 g/mol. The minimum atomic E-state index is -0.799. The smallest absolute Gasteiger partial charge is 0.407 e. The lowest BCUT2D eigenvalue weighted by atomic mass is 9.95. The maximum atomic E-state index is 13.7. The van der Waals surface area contributed by atoms with Crippen LogP contribution in [0.15, 0.2) is 23.0 Å². The van der Waals surface area contributed by atoms with E-state index in [1.165, 1.54) is 0 Å². The minimum Gasteiger partial charge on any atom is -0.491 e. The van der Waals surface area contributed by atoms with Gasteiger partial charge in [-0.25, -0.2) is 4.79 Å². The number of carbonyl (C=O) groups excluding carboxylic acids is 1. The van der Waals surface area contributed by atoms with E-state index < -0.39 is 17.7 Å². The molecule has 1 aromatic heterocycles. The number of amides is 1. The van der Waals surface area contributed by atoms with Crippen molar-refractivity contribution in [3.8, 4) is 5.75 Å². The molecule has 0 unspecified atom stereocenters. The van der Waals surface area contributed by atoms with Crippen LogP contribution in [0.25, 0.3) is 10.8 Å². The van der Waals surface area contributed by atoms with E-state index in [9.17, 15) is 14.4 Å². The summed E-state index contributed by atoms with van der Waals surface area (Å²) in [5.74, 6) is -0.206. The highest BCUT2D eigenvalue weighted by atomic mass is 16.6. The molecule has 8 nitrogen and oxygen atoms in total. The van der Waals surface area contributed by atoms with Crippen molar-refractivity contribution in [3.63, 3.8) is 0 Å². The van der Waals surface area contributed by atoms with Crippen molar-refractivity contribution < 1.29 is 24.2 Å². The van der Waals surface area contributed by atoms with E-state index in [1.54, 1.807) is 25.3 Å². The SMILES string of the molecule is CCCCOc1c(CNC(=O)OC(C)(C)C)n(CC(C)(C)C)c(=O)c2ccc(CCCCC(=O)O)cc12. The molecular formula is C29H44N2O6. The first-order chi connectivity index (χ1) is 17.2. The van der Waals surface area contributed by atoms with Crippen molar-refractivity contribution in [2.24, 2.45) is 5.41 Å². The van der Waals surface area contributed by atoms with Crippen LogP contribution in [0.5, 0.6) is 5.75 Å². The number of hydrogen-bond acceptors (Lipinski definition) is 5. The van der Waals surface area contributed by atoms with Crippen LogP contribution in [-0.4, -0.2) is 33.9 Å². The third-order valence-electron chi connectivity index (χ3n) is 5.67. The van der Waals surface area contributed by atoms with Gasteiger partial charge in [-0.05, 0) is 69.6 Å². The summed E-state index contributed by atoms with van der Waals surface area (Å²) in [5, 5.41) is 13.0. The summed E-state index contributed by atoms with van der Waals surface area (Å²) in [7, 11) is 0. The van der Waals surface area contributed by atoms with Crippen LogP contribution in [0.2, 0.25) is 0 Å². The zero-order valence-electron chi connectivity index (χ0n) is 23.5. The van der Waals surface area contributed by atoms with Gasteiger partial charge in [0.2, 0.25) is 0 Å². The van der Waals surface area contributed by atoms with Gasteiger partial charge in [-0.3, -0.25) is 9.59 Å². The highest BCUT2D eigenvalue weighted by molar-refractivity contribution is 5.89. The number of fused-ring (bicyclic) bond motifs is 1. The summed E-state index contributed by atoms with van der Waals surface area (Å²) >= 11 is 0. The molecular weight excluding hydrogens is 472 g/mol. The van der Waals surface area contributed by atoms with E-state index in [2.05, 4.69) is 33.0 Å². The summed E-state index contributed by atoms with van der Waals surface area (Å²) in [6.45, 7) is 14.7. The molecule has 8 heteroatoms. The fourth-order valence-electron chi connectivity index (χ4n) is 4.04. The van der Waals surface area contributed by atoms with Gasteiger partial charge in [0.25, 0.3) is 5.56 Å². The molecule has 0 aliphatic carbocycles. The Morgan fingerprint density at radius 3 is 2.32 bits per heavy atom. The van der Waals surface area contributed by atoms with Gasteiger partial charge in [0.15, 0.2) is 0 Å². The minimum absolute atomic E-state index is 0.0838. The number of aryl methyl sites for hydroxylation is 1. The second-order valence-electron chi connectivity index (χ2n) is 11.8. The Morgan fingerprint density at radius 2 is 1.73 bits per heavy atom. The Balaban J connectivity index is 2.60. The highest BCUT2D eigenvalue weighted by Crippen LogP contribution is 2.31. The number of hydrogen-bond donors (Lipinski definition) is 2. The average Bonchev–Trinajstić information content (AvgIpc) is 2.76. The zero-order valence-corrected chi connectivity index (χ0v) is 23.5. The van der Waals surface area contributed by atoms with Gasteiger partial charge >= 0.3 is 12.1 Å². The molecule has 2 N–H and O–H groups in total. The van der Waals surface area contributed by atoms with Gasteiger partial charge in [-0.1, -0.05) is 40.2 Å². The summed E-state index contributed by atoms with van der Waals surface area (Å²) in [6.07, 6.45) is 3.41. The number of aliphatic carboxylic acids is 1. The number of carboxylic acids is 1. The molecule has 0 saturated heterocycles. The number of nitrogens with zero attached hydrogens (tertiary/aromatic N) is 1. The van der Waals surface area contributed by atoms with Crippen molar-refractivity contribution in [1.82, 2.24) is 9.88 Å². The largest absolute Gasteiger partial charge is 0.491 e. The Morgan fingerprint density at radius 1 is 1.03 bits per heavy atom. The number of carboxylic acid groups (broad SMARTS) is 1. The van der Waals surface area contributed by atoms with E-state index in [1.807, 2.05) is 18.2 Å². The van der Waals surface area contributed by atoms with Crippen LogP contribution in [0.4, 0.5) is 4.79 Å². The molecule has 0 aliphatic heterocycles. The molecule has 2 aromatic rings. The van der Waals surface area contributed by atoms with Crippen molar-refractivity contribution in [2.45, 2.75) is 106 Å². The lowest BCUT2D eigenvalue weighted by Gasteiger charge is -2.26. The predicted octanol–water partition coefficient (Wildman–Crippen LogP) is 6.05. The molecule has 0 spiro atoms. The molecule has 0 radical (unpaired) electrons. The molecule has 0 atom stereocenters. The predicted molar refractivity (Wildman–Crippen MR) is 146 cm³/mol. The number of carbonyl (C=O) groups is 2. The van der Waals surface area contributed by atoms with Gasteiger partial charge in [0.1, 0.15) is 11.4 Å². The van der Waals surface area contributed by atoms with Crippen molar-refractivity contribution in [2.75, 3.05) is 6.61 Å². The number of ether oxygens (including phenoxy) is 2. The maximum Gasteiger partial charge on any atom is 0.407 e. The molecule has 1 heterocycles. The lowest BCUT2D eigenvalue weighted by Crippen LogP contribution is -2.36. The maximum absolute atomic E-state index is 13.7. The fraction of sp³-hybridized carbons (Fsp3) is 0.621. The van der Waals surface area contributed by atoms with Gasteiger partial charge in [0, 0.05) is 18.4 Å². The van der Waals surface area contributed by atoms with Gasteiger partial charge < -0.3 is 24.5 Å². The standard InChI is InChI=1S/C29H44N2O6/c1-8-9-16-36-25-22-17-20(12-10-11-13-24(32)33)14-15-21(22)26(34)31(19-28(2,3)4)23(25)18-30-27(35)37-29(5,6)7/h14-15,17H,8-13,16,18-19H2,1-7H3,(H,30,35)(H,32,33). The topological polar surface area (TPSA) is 107 Å². The highest BCUT2D eigenvalue weighted by Gasteiger charge is 2.24. The molecule has 1 aromatic carbocycles. The molecule has 0 bridgehead atoms. The summed E-state index contributed by atoms with van der Waals surface area (Å²) < 4.78 is 13.5. The van der Waals surface area contributed by atoms with Crippen LogP contribution in [-0.2, 0) is 29.0 Å². The van der Waals surface area contributed by atoms with Crippen LogP contribution < -0.4 is 15.6 Å². The van der Waals surface area contributed by atoms with E-state index in [-0.39, 0.29) is 23.9 Å². The first-order valence-corrected chi connectivity index (χ1v) is 13.2. The van der Waals surface area contributed by atoms with Crippen LogP contribution in [0.1, 0.15) is 91.8 Å². The van der Waals surface area contributed by atoms with E-state index in [4.69, 9.17) is 14.6 Å². The second kappa shape index (κ2) is 13.0. The molecule has 1 amide bonds. The number of nitrogens with one attached hydrogen (secondary N) is 1. The first kappa shape index (κ1) is 30.2. The third kappa shape index (κ3) is 9.74. The second-order valence-corrected chi connectivity index (χ2v) is 11.8. The molecule has 37 heavy (non-hydrogen) atoms. The Labute approximate surface area is 220 Å². The fourth-order valence-corrected chi connectivity index (χ4v) is 4.04. The number of alkyl carbamates (subject to hydrolysis) is 1. The number of aromatic nitrogens is 1. The number of rotatable bonds is 12. The number of unbranched alkanes of at least 4 members (excludes halogenated alkanes) is 2. The zero-order chi connectivity index (χ0) is 27.8. The van der Waals surface area contributed by atoms with Gasteiger partial charge in [-0.2, -0.15) is 0 Å². The molecule has 2 rings (SSSR count). The van der Waals surface area contributed by atoms with Crippen molar-refractivity contribution in [1.29, 1.82) is 0 Å². The van der Waals surface area contributed by atoms with Gasteiger partial charge in [0.05, 0.1) is 24.2 Å². The molecule has 0 aliphatic rings. The normalized spacial score (nSPS) is 12.0. The summed E-state index contributed by atoms with van der Waals surface area (Å²) in [4.78, 5) is 37.1. The van der Waals surface area contributed by atoms with Crippen molar-refractivity contribution in [3.05, 3.63) is 39.8 Å². The monoisotopic (exact) mass is 516 g/mol. The van der Waals surface area contributed by atoms with Gasteiger partial charge in [-0.15, -0.1) is 0 Å². The number of pyridine rings is 1. The summed E-state index contributed by atoms with van der Waals surface area (Å²) in [6, 6.07) is 5.73. The van der Waals surface area contributed by atoms with Crippen molar-refractivity contribution >= 4 is 22.8 Å². The van der Waals surface area contributed by atoms with E-state index >= 15 is 0 Å². The van der Waals surface area contributed by atoms with Crippen LogP contribution >= 0.6 is 0 Å². The Kier molecular flexibility index (Phi) is 10.6. The quantitative estimate of drug-likeness (QED) is 0.333. The van der Waals surface area contributed by atoms with E-state index in [0.717, 1.165) is 24.8 Å². The first-order valence-electron chi connectivity index (χ1n) is 13.2. The summed E-state index contributed by atoms with van der Waals surface area (Å²) in [5.41, 5.74) is 0.651. The Hall–Kier alpha value is -3.03. The van der Waals surface area contributed by atoms with Crippen LogP contribution in [0.3, 0.4) is 0 Å². The van der Waals surface area contributed by atoms with E-state index in [0.29, 0.717) is 48.2 Å².